The van der Waals surface area contributed by atoms with E-state index in [0.29, 0.717) is 17.5 Å². The zero-order chi connectivity index (χ0) is 15.4. The molecule has 4 nitrogen and oxygen atoms in total. The summed E-state index contributed by atoms with van der Waals surface area (Å²) in [5.41, 5.74) is 1.89. The number of nitrogens with one attached hydrogen (secondary N) is 1. The third-order valence-electron chi connectivity index (χ3n) is 6.12. The van der Waals surface area contributed by atoms with Gasteiger partial charge in [-0.1, -0.05) is 18.2 Å². The molecule has 4 aliphatic rings. The number of carbonyl (C=O) groups is 1. The van der Waals surface area contributed by atoms with Crippen LogP contribution in [-0.2, 0) is 0 Å². The van der Waals surface area contributed by atoms with Crippen LogP contribution in [0.5, 0.6) is 0 Å². The number of nitrogens with zero attached hydrogens (tertiary/aromatic N) is 2. The Kier molecular flexibility index (Phi) is 2.80. The van der Waals surface area contributed by atoms with Gasteiger partial charge in [-0.2, -0.15) is 0 Å². The Labute approximate surface area is 135 Å². The smallest absolute Gasteiger partial charge is 0.253 e. The fraction of sp³-hybridized carbons (Fsp3) is 0.474. The van der Waals surface area contributed by atoms with Crippen molar-refractivity contribution in [2.75, 3.05) is 13.1 Å². The van der Waals surface area contributed by atoms with Crippen LogP contribution in [0.1, 0.15) is 36.0 Å². The lowest BCUT2D eigenvalue weighted by atomic mass is 9.77. The Morgan fingerprint density at radius 2 is 2.00 bits per heavy atom. The molecule has 0 radical (unpaired) electrons. The fourth-order valence-electron chi connectivity index (χ4n) is 4.74. The normalized spacial score (nSPS) is 30.5. The predicted molar refractivity (Wildman–Crippen MR) is 89.3 cm³/mol. The highest BCUT2D eigenvalue weighted by atomic mass is 16.1. The second-order valence-corrected chi connectivity index (χ2v) is 7.30. The summed E-state index contributed by atoms with van der Waals surface area (Å²) in [5, 5.41) is 4.39. The van der Waals surface area contributed by atoms with Crippen LogP contribution in [0.4, 0.5) is 0 Å². The van der Waals surface area contributed by atoms with Crippen LogP contribution in [-0.4, -0.2) is 40.5 Å². The molecule has 118 valence electrons. The van der Waals surface area contributed by atoms with Gasteiger partial charge in [0.15, 0.2) is 0 Å². The Morgan fingerprint density at radius 1 is 1.22 bits per heavy atom. The minimum Gasteiger partial charge on any atom is -0.347 e. The molecule has 2 aromatic rings. The van der Waals surface area contributed by atoms with E-state index in [1.54, 1.807) is 6.20 Å². The van der Waals surface area contributed by atoms with Gasteiger partial charge in [0, 0.05) is 17.1 Å². The molecule has 1 aromatic carbocycles. The molecule has 23 heavy (non-hydrogen) atoms. The molecule has 4 fully saturated rings. The van der Waals surface area contributed by atoms with Crippen molar-refractivity contribution in [1.29, 1.82) is 0 Å². The highest BCUT2D eigenvalue weighted by molar-refractivity contribution is 5.97. The summed E-state index contributed by atoms with van der Waals surface area (Å²) in [4.78, 5) is 19.8. The Balaban J connectivity index is 1.42. The second kappa shape index (κ2) is 4.78. The molecule has 1 amide bonds. The first-order valence-corrected chi connectivity index (χ1v) is 8.67. The SMILES string of the molecule is O=C(N[C@H]1C2CCN(CC2)C12CC2)c1cnc2ccccc2c1. The van der Waals surface area contributed by atoms with Crippen molar-refractivity contribution >= 4 is 16.8 Å². The second-order valence-electron chi connectivity index (χ2n) is 7.30. The summed E-state index contributed by atoms with van der Waals surface area (Å²) in [6, 6.07) is 10.2. The first-order valence-electron chi connectivity index (χ1n) is 8.67. The Bertz CT molecular complexity index is 775. The highest BCUT2D eigenvalue weighted by Gasteiger charge is 2.60. The summed E-state index contributed by atoms with van der Waals surface area (Å²) in [6.45, 7) is 2.43. The number of fused-ring (bicyclic) bond motifs is 3. The third kappa shape index (κ3) is 2.01. The third-order valence-corrected chi connectivity index (χ3v) is 6.12. The number of carbonyl (C=O) groups excluding carboxylic acids is 1. The van der Waals surface area contributed by atoms with E-state index < -0.39 is 0 Å². The van der Waals surface area contributed by atoms with Crippen LogP contribution >= 0.6 is 0 Å². The standard InChI is InChI=1S/C19H21N3O/c23-18(15-11-14-3-1-2-4-16(14)20-12-15)21-17-13-5-9-22(10-6-13)19(17)7-8-19/h1-4,11-13,17H,5-10H2,(H,21,23)/t17-/m0/s1. The highest BCUT2D eigenvalue weighted by Crippen LogP contribution is 2.53. The summed E-state index contributed by atoms with van der Waals surface area (Å²) in [7, 11) is 0. The van der Waals surface area contributed by atoms with Crippen molar-refractivity contribution in [3.05, 3.63) is 42.1 Å². The number of rotatable bonds is 2. The van der Waals surface area contributed by atoms with Gasteiger partial charge in [-0.15, -0.1) is 0 Å². The van der Waals surface area contributed by atoms with Crippen molar-refractivity contribution in [2.24, 2.45) is 5.92 Å². The first kappa shape index (κ1) is 13.5. The number of amides is 1. The van der Waals surface area contributed by atoms with Crippen molar-refractivity contribution in [2.45, 2.75) is 37.3 Å². The Hall–Kier alpha value is -1.94. The molecule has 4 heterocycles. The zero-order valence-electron chi connectivity index (χ0n) is 13.2. The van der Waals surface area contributed by atoms with Crippen molar-refractivity contribution in [1.82, 2.24) is 15.2 Å². The molecule has 1 aromatic heterocycles. The van der Waals surface area contributed by atoms with E-state index in [2.05, 4.69) is 15.2 Å². The molecule has 3 aliphatic heterocycles. The lowest BCUT2D eigenvalue weighted by Gasteiger charge is -2.52. The van der Waals surface area contributed by atoms with Crippen LogP contribution < -0.4 is 5.32 Å². The topological polar surface area (TPSA) is 45.2 Å². The number of piperidine rings is 3. The van der Waals surface area contributed by atoms with E-state index in [4.69, 9.17) is 0 Å². The fourth-order valence-corrected chi connectivity index (χ4v) is 4.74. The molecule has 0 unspecified atom stereocenters. The molecular formula is C19H21N3O. The van der Waals surface area contributed by atoms with Crippen molar-refractivity contribution < 1.29 is 4.79 Å². The van der Waals surface area contributed by atoms with Crippen LogP contribution in [0, 0.1) is 5.92 Å². The summed E-state index contributed by atoms with van der Waals surface area (Å²) < 4.78 is 0. The van der Waals surface area contributed by atoms with Gasteiger partial charge >= 0.3 is 0 Å². The van der Waals surface area contributed by atoms with Gasteiger partial charge in [-0.05, 0) is 56.8 Å². The number of aromatic nitrogens is 1. The molecular weight excluding hydrogens is 286 g/mol. The maximum absolute atomic E-state index is 12.8. The van der Waals surface area contributed by atoms with Crippen molar-refractivity contribution in [3.8, 4) is 0 Å². The van der Waals surface area contributed by atoms with E-state index in [0.717, 1.165) is 10.9 Å². The molecule has 6 rings (SSSR count). The van der Waals surface area contributed by atoms with Gasteiger partial charge in [0.25, 0.3) is 5.91 Å². The van der Waals surface area contributed by atoms with Crippen molar-refractivity contribution in [3.63, 3.8) is 0 Å². The molecule has 3 saturated heterocycles. The predicted octanol–water partition coefficient (Wildman–Crippen LogP) is 2.59. The van der Waals surface area contributed by atoms with E-state index in [1.165, 1.54) is 38.8 Å². The number of hydrogen-bond donors (Lipinski definition) is 1. The maximum Gasteiger partial charge on any atom is 0.253 e. The lowest BCUT2D eigenvalue weighted by molar-refractivity contribution is -0.00145. The summed E-state index contributed by atoms with van der Waals surface area (Å²) >= 11 is 0. The Morgan fingerprint density at radius 3 is 2.78 bits per heavy atom. The molecule has 1 saturated carbocycles. The number of pyridine rings is 1. The molecule has 1 aliphatic carbocycles. The van der Waals surface area contributed by atoms with E-state index >= 15 is 0 Å². The summed E-state index contributed by atoms with van der Waals surface area (Å²) in [6.07, 6.45) is 6.64. The van der Waals surface area contributed by atoms with Crippen LogP contribution in [0.2, 0.25) is 0 Å². The monoisotopic (exact) mass is 307 g/mol. The van der Waals surface area contributed by atoms with Gasteiger partial charge < -0.3 is 5.32 Å². The van der Waals surface area contributed by atoms with Gasteiger partial charge in [-0.3, -0.25) is 14.7 Å². The quantitative estimate of drug-likeness (QED) is 0.927. The summed E-state index contributed by atoms with van der Waals surface area (Å²) in [5.74, 6) is 0.688. The number of hydrogen-bond acceptors (Lipinski definition) is 3. The minimum atomic E-state index is 0.0354. The molecule has 2 bridgehead atoms. The van der Waals surface area contributed by atoms with E-state index in [-0.39, 0.29) is 11.4 Å². The molecule has 1 atom stereocenters. The largest absolute Gasteiger partial charge is 0.347 e. The van der Waals surface area contributed by atoms with Crippen LogP contribution in [0.25, 0.3) is 10.9 Å². The first-order chi connectivity index (χ1) is 11.3. The van der Waals surface area contributed by atoms with Gasteiger partial charge in [0.05, 0.1) is 17.1 Å². The zero-order valence-corrected chi connectivity index (χ0v) is 13.2. The molecule has 1 spiro atoms. The molecule has 4 heteroatoms. The van der Waals surface area contributed by atoms with Crippen LogP contribution in [0.15, 0.2) is 36.5 Å². The number of para-hydroxylation sites is 1. The van der Waals surface area contributed by atoms with E-state index in [1.807, 2.05) is 30.3 Å². The van der Waals surface area contributed by atoms with Gasteiger partial charge in [0.1, 0.15) is 0 Å². The van der Waals surface area contributed by atoms with E-state index in [9.17, 15) is 4.79 Å². The average Bonchev–Trinajstić information content (AvgIpc) is 3.39. The van der Waals surface area contributed by atoms with Gasteiger partial charge in [-0.25, -0.2) is 0 Å². The molecule has 1 N–H and O–H groups in total. The van der Waals surface area contributed by atoms with Crippen LogP contribution in [0.3, 0.4) is 0 Å². The minimum absolute atomic E-state index is 0.0354. The van der Waals surface area contributed by atoms with Gasteiger partial charge in [0.2, 0.25) is 0 Å². The maximum atomic E-state index is 12.8. The average molecular weight is 307 g/mol. The number of benzene rings is 1. The lowest BCUT2D eigenvalue weighted by Crippen LogP contribution is -2.65.